The van der Waals surface area contributed by atoms with Crippen LogP contribution in [-0.4, -0.2) is 16.5 Å². The van der Waals surface area contributed by atoms with Crippen LogP contribution in [0.5, 0.6) is 0 Å². The molecule has 2 aromatic rings. The van der Waals surface area contributed by atoms with Crippen molar-refractivity contribution in [3.8, 4) is 11.4 Å². The SMILES string of the molecule is CCCNCc1c(C)nc(-c2cc(F)cc(Br)c2)nc1C. The van der Waals surface area contributed by atoms with Gasteiger partial charge in [-0.15, -0.1) is 0 Å². The minimum absolute atomic E-state index is 0.299. The Balaban J connectivity index is 2.34. The predicted octanol–water partition coefficient (Wildman–Crippen LogP) is 4.16. The van der Waals surface area contributed by atoms with E-state index in [0.29, 0.717) is 15.9 Å². The first kappa shape index (κ1) is 16.0. The molecule has 0 spiro atoms. The van der Waals surface area contributed by atoms with Crippen molar-refractivity contribution in [3.05, 3.63) is 45.4 Å². The molecule has 21 heavy (non-hydrogen) atoms. The highest BCUT2D eigenvalue weighted by Gasteiger charge is 2.11. The molecule has 0 saturated carbocycles. The average Bonchev–Trinajstić information content (AvgIpc) is 2.40. The Hall–Kier alpha value is -1.33. The average molecular weight is 352 g/mol. The lowest BCUT2D eigenvalue weighted by atomic mass is 10.1. The van der Waals surface area contributed by atoms with Gasteiger partial charge in [-0.05, 0) is 45.0 Å². The molecule has 0 unspecified atom stereocenters. The molecule has 1 heterocycles. The van der Waals surface area contributed by atoms with Gasteiger partial charge in [0.1, 0.15) is 5.82 Å². The van der Waals surface area contributed by atoms with Crippen LogP contribution in [0.15, 0.2) is 22.7 Å². The lowest BCUT2D eigenvalue weighted by Crippen LogP contribution is -2.17. The minimum Gasteiger partial charge on any atom is -0.313 e. The number of rotatable bonds is 5. The van der Waals surface area contributed by atoms with Crippen molar-refractivity contribution in [3.63, 3.8) is 0 Å². The van der Waals surface area contributed by atoms with Crippen molar-refractivity contribution in [1.82, 2.24) is 15.3 Å². The quantitative estimate of drug-likeness (QED) is 0.821. The third-order valence-electron chi connectivity index (χ3n) is 3.27. The van der Waals surface area contributed by atoms with Crippen LogP contribution < -0.4 is 5.32 Å². The van der Waals surface area contributed by atoms with Gasteiger partial charge in [0.05, 0.1) is 0 Å². The molecule has 0 saturated heterocycles. The standard InChI is InChI=1S/C16H19BrFN3/c1-4-5-19-9-15-10(2)20-16(21-11(15)3)12-6-13(17)8-14(18)7-12/h6-8,19H,4-5,9H2,1-3H3. The summed E-state index contributed by atoms with van der Waals surface area (Å²) in [5.74, 6) is 0.261. The summed E-state index contributed by atoms with van der Waals surface area (Å²) in [5, 5.41) is 3.36. The maximum absolute atomic E-state index is 13.5. The summed E-state index contributed by atoms with van der Waals surface area (Å²) in [5.41, 5.74) is 3.66. The van der Waals surface area contributed by atoms with Gasteiger partial charge in [-0.1, -0.05) is 22.9 Å². The van der Waals surface area contributed by atoms with Crippen LogP contribution in [0.4, 0.5) is 4.39 Å². The van der Waals surface area contributed by atoms with Gasteiger partial charge in [-0.2, -0.15) is 0 Å². The lowest BCUT2D eigenvalue weighted by Gasteiger charge is -2.12. The molecule has 1 aromatic carbocycles. The Bertz CT molecular complexity index is 600. The van der Waals surface area contributed by atoms with Crippen LogP contribution in [0.3, 0.4) is 0 Å². The zero-order valence-electron chi connectivity index (χ0n) is 12.5. The van der Waals surface area contributed by atoms with E-state index in [-0.39, 0.29) is 5.82 Å². The summed E-state index contributed by atoms with van der Waals surface area (Å²) in [6.45, 7) is 7.80. The van der Waals surface area contributed by atoms with Gasteiger partial charge in [0, 0.05) is 33.5 Å². The molecule has 0 atom stereocenters. The number of hydrogen-bond donors (Lipinski definition) is 1. The van der Waals surface area contributed by atoms with Gasteiger partial charge in [-0.3, -0.25) is 0 Å². The molecule has 0 aliphatic carbocycles. The highest BCUT2D eigenvalue weighted by Crippen LogP contribution is 2.23. The largest absolute Gasteiger partial charge is 0.313 e. The van der Waals surface area contributed by atoms with Crippen molar-refractivity contribution in [2.75, 3.05) is 6.54 Å². The number of nitrogens with zero attached hydrogens (tertiary/aromatic N) is 2. The monoisotopic (exact) mass is 351 g/mol. The Morgan fingerprint density at radius 3 is 2.38 bits per heavy atom. The third-order valence-corrected chi connectivity index (χ3v) is 3.73. The fourth-order valence-electron chi connectivity index (χ4n) is 2.20. The van der Waals surface area contributed by atoms with E-state index in [0.717, 1.165) is 36.5 Å². The van der Waals surface area contributed by atoms with Gasteiger partial charge in [0.15, 0.2) is 5.82 Å². The molecule has 0 aliphatic rings. The Morgan fingerprint density at radius 1 is 1.14 bits per heavy atom. The normalized spacial score (nSPS) is 10.9. The summed E-state index contributed by atoms with van der Waals surface area (Å²) < 4.78 is 14.2. The molecular formula is C16H19BrFN3. The van der Waals surface area contributed by atoms with E-state index in [1.807, 2.05) is 19.9 Å². The van der Waals surface area contributed by atoms with Gasteiger partial charge in [0.2, 0.25) is 0 Å². The first-order valence-electron chi connectivity index (χ1n) is 7.02. The first-order valence-corrected chi connectivity index (χ1v) is 7.82. The summed E-state index contributed by atoms with van der Waals surface area (Å²) in [6, 6.07) is 4.70. The number of aromatic nitrogens is 2. The van der Waals surface area contributed by atoms with Crippen molar-refractivity contribution < 1.29 is 4.39 Å². The number of nitrogens with one attached hydrogen (secondary N) is 1. The molecule has 2 rings (SSSR count). The summed E-state index contributed by atoms with van der Waals surface area (Å²) >= 11 is 3.30. The summed E-state index contributed by atoms with van der Waals surface area (Å²) in [7, 11) is 0. The van der Waals surface area contributed by atoms with E-state index in [1.165, 1.54) is 12.1 Å². The van der Waals surface area contributed by atoms with E-state index in [9.17, 15) is 4.39 Å². The molecule has 1 aromatic heterocycles. The predicted molar refractivity (Wildman–Crippen MR) is 86.6 cm³/mol. The molecule has 1 N–H and O–H groups in total. The number of hydrogen-bond acceptors (Lipinski definition) is 3. The lowest BCUT2D eigenvalue weighted by molar-refractivity contribution is 0.627. The number of aryl methyl sites for hydroxylation is 2. The first-order chi connectivity index (χ1) is 10.0. The smallest absolute Gasteiger partial charge is 0.159 e. The maximum Gasteiger partial charge on any atom is 0.159 e. The van der Waals surface area contributed by atoms with E-state index in [2.05, 4.69) is 38.1 Å². The molecule has 3 nitrogen and oxygen atoms in total. The van der Waals surface area contributed by atoms with E-state index < -0.39 is 0 Å². The van der Waals surface area contributed by atoms with Crippen LogP contribution in [0.25, 0.3) is 11.4 Å². The Kier molecular flexibility index (Phi) is 5.42. The van der Waals surface area contributed by atoms with Crippen LogP contribution in [0.1, 0.15) is 30.3 Å². The Morgan fingerprint density at radius 2 is 1.81 bits per heavy atom. The molecule has 0 amide bonds. The molecule has 0 radical (unpaired) electrons. The minimum atomic E-state index is -0.299. The van der Waals surface area contributed by atoms with Crippen molar-refractivity contribution >= 4 is 15.9 Å². The molecular weight excluding hydrogens is 333 g/mol. The van der Waals surface area contributed by atoms with Crippen molar-refractivity contribution in [1.29, 1.82) is 0 Å². The van der Waals surface area contributed by atoms with Crippen LogP contribution in [0, 0.1) is 19.7 Å². The van der Waals surface area contributed by atoms with Crippen LogP contribution in [0.2, 0.25) is 0 Å². The van der Waals surface area contributed by atoms with E-state index >= 15 is 0 Å². The van der Waals surface area contributed by atoms with Crippen molar-refractivity contribution in [2.24, 2.45) is 0 Å². The summed E-state index contributed by atoms with van der Waals surface area (Å²) in [4.78, 5) is 9.05. The molecule has 0 aliphatic heterocycles. The van der Waals surface area contributed by atoms with Gasteiger partial charge in [-0.25, -0.2) is 14.4 Å². The second-order valence-corrected chi connectivity index (χ2v) is 5.95. The second-order valence-electron chi connectivity index (χ2n) is 5.03. The van der Waals surface area contributed by atoms with E-state index in [4.69, 9.17) is 0 Å². The fourth-order valence-corrected chi connectivity index (χ4v) is 2.66. The van der Waals surface area contributed by atoms with Crippen LogP contribution >= 0.6 is 15.9 Å². The molecule has 0 bridgehead atoms. The zero-order valence-corrected chi connectivity index (χ0v) is 14.1. The van der Waals surface area contributed by atoms with E-state index in [1.54, 1.807) is 0 Å². The summed E-state index contributed by atoms with van der Waals surface area (Å²) in [6.07, 6.45) is 1.09. The topological polar surface area (TPSA) is 37.8 Å². The van der Waals surface area contributed by atoms with Gasteiger partial charge in [0.25, 0.3) is 0 Å². The third kappa shape index (κ3) is 4.08. The molecule has 112 valence electrons. The van der Waals surface area contributed by atoms with Crippen molar-refractivity contribution in [2.45, 2.75) is 33.7 Å². The fraction of sp³-hybridized carbons (Fsp3) is 0.375. The molecule has 5 heteroatoms. The highest BCUT2D eigenvalue weighted by molar-refractivity contribution is 9.10. The van der Waals surface area contributed by atoms with Crippen LogP contribution in [-0.2, 0) is 6.54 Å². The zero-order chi connectivity index (χ0) is 15.4. The number of benzene rings is 1. The Labute approximate surface area is 133 Å². The molecule has 0 fully saturated rings. The van der Waals surface area contributed by atoms with Gasteiger partial charge >= 0.3 is 0 Å². The maximum atomic E-state index is 13.5. The van der Waals surface area contributed by atoms with Gasteiger partial charge < -0.3 is 5.32 Å². The second kappa shape index (κ2) is 7.09. The highest BCUT2D eigenvalue weighted by atomic mass is 79.9. The number of halogens is 2.